The van der Waals surface area contributed by atoms with Crippen LogP contribution in [-0.4, -0.2) is 18.4 Å². The van der Waals surface area contributed by atoms with Crippen LogP contribution in [0.1, 0.15) is 19.4 Å². The molecule has 18 heavy (non-hydrogen) atoms. The van der Waals surface area contributed by atoms with Crippen LogP contribution < -0.4 is 5.43 Å². The molecule has 0 spiro atoms. The number of hydrogen-bond acceptors (Lipinski definition) is 3. The molecule has 0 bridgehead atoms. The first-order valence-corrected chi connectivity index (χ1v) is 5.83. The number of ether oxygens (including phenoxy) is 1. The van der Waals surface area contributed by atoms with Crippen molar-refractivity contribution in [2.45, 2.75) is 13.8 Å². The molecule has 0 saturated carbocycles. The molecule has 0 saturated heterocycles. The molecule has 1 aromatic rings. The van der Waals surface area contributed by atoms with Crippen LogP contribution >= 0.6 is 23.2 Å². The Bertz CT molecular complexity index is 492. The van der Waals surface area contributed by atoms with Gasteiger partial charge in [0.15, 0.2) is 0 Å². The highest BCUT2D eigenvalue weighted by Gasteiger charge is 2.13. The number of rotatable bonds is 3. The molecule has 1 rings (SSSR count). The first-order valence-electron chi connectivity index (χ1n) is 5.08. The second-order valence-electron chi connectivity index (χ2n) is 3.25. The van der Waals surface area contributed by atoms with E-state index in [1.54, 1.807) is 13.8 Å². The third-order valence-electron chi connectivity index (χ3n) is 2.00. The van der Waals surface area contributed by atoms with Crippen molar-refractivity contribution in [3.8, 4) is 0 Å². The molecule has 0 heterocycles. The van der Waals surface area contributed by atoms with Gasteiger partial charge >= 0.3 is 6.09 Å². The van der Waals surface area contributed by atoms with Crippen LogP contribution in [0.4, 0.5) is 9.18 Å². The van der Waals surface area contributed by atoms with E-state index < -0.39 is 11.9 Å². The maximum atomic E-state index is 13.3. The Kier molecular flexibility index (Phi) is 5.37. The normalized spacial score (nSPS) is 11.3. The molecule has 0 aliphatic rings. The van der Waals surface area contributed by atoms with E-state index in [9.17, 15) is 9.18 Å². The van der Waals surface area contributed by atoms with E-state index in [1.807, 2.05) is 0 Å². The summed E-state index contributed by atoms with van der Waals surface area (Å²) < 4.78 is 17.9. The van der Waals surface area contributed by atoms with E-state index >= 15 is 0 Å². The van der Waals surface area contributed by atoms with Gasteiger partial charge in [0.1, 0.15) is 5.82 Å². The Labute approximate surface area is 114 Å². The fourth-order valence-electron chi connectivity index (χ4n) is 1.21. The highest BCUT2D eigenvalue weighted by atomic mass is 35.5. The molecule has 0 atom stereocenters. The second kappa shape index (κ2) is 6.56. The predicted molar refractivity (Wildman–Crippen MR) is 68.8 cm³/mol. The Morgan fingerprint density at radius 1 is 1.50 bits per heavy atom. The molecule has 0 aliphatic heterocycles. The maximum Gasteiger partial charge on any atom is 0.427 e. The van der Waals surface area contributed by atoms with Gasteiger partial charge in [0.25, 0.3) is 0 Å². The number of carbonyl (C=O) groups is 1. The van der Waals surface area contributed by atoms with Crippen LogP contribution in [-0.2, 0) is 4.74 Å². The van der Waals surface area contributed by atoms with Crippen molar-refractivity contribution in [2.24, 2.45) is 5.10 Å². The molecular formula is C11H11Cl2FN2O2. The minimum absolute atomic E-state index is 0.144. The summed E-state index contributed by atoms with van der Waals surface area (Å²) in [6.45, 7) is 3.43. The van der Waals surface area contributed by atoms with Gasteiger partial charge in [0.2, 0.25) is 0 Å². The maximum absolute atomic E-state index is 13.3. The average Bonchev–Trinajstić information content (AvgIpc) is 2.32. The van der Waals surface area contributed by atoms with Crippen LogP contribution in [0.2, 0.25) is 10.0 Å². The molecule has 0 aliphatic carbocycles. The summed E-state index contributed by atoms with van der Waals surface area (Å²) in [4.78, 5) is 11.0. The molecule has 1 amide bonds. The summed E-state index contributed by atoms with van der Waals surface area (Å²) in [5, 5.41) is 3.83. The van der Waals surface area contributed by atoms with Crippen LogP contribution in [0.25, 0.3) is 0 Å². The zero-order chi connectivity index (χ0) is 13.7. The van der Waals surface area contributed by atoms with E-state index in [4.69, 9.17) is 23.2 Å². The molecule has 0 radical (unpaired) electrons. The van der Waals surface area contributed by atoms with Crippen LogP contribution in [0.3, 0.4) is 0 Å². The lowest BCUT2D eigenvalue weighted by Gasteiger charge is -2.07. The predicted octanol–water partition coefficient (Wildman–Crippen LogP) is 3.60. The highest BCUT2D eigenvalue weighted by Crippen LogP contribution is 2.27. The molecule has 1 aromatic carbocycles. The quantitative estimate of drug-likeness (QED) is 0.526. The molecule has 4 nitrogen and oxygen atoms in total. The van der Waals surface area contributed by atoms with E-state index in [1.165, 1.54) is 6.07 Å². The monoisotopic (exact) mass is 292 g/mol. The molecular weight excluding hydrogens is 282 g/mol. The summed E-state index contributed by atoms with van der Waals surface area (Å²) in [5.74, 6) is -0.609. The zero-order valence-electron chi connectivity index (χ0n) is 9.76. The lowest BCUT2D eigenvalue weighted by molar-refractivity contribution is 0.152. The van der Waals surface area contributed by atoms with Gasteiger partial charge in [-0.2, -0.15) is 5.10 Å². The number of benzene rings is 1. The van der Waals surface area contributed by atoms with Crippen molar-refractivity contribution in [2.75, 3.05) is 6.61 Å². The van der Waals surface area contributed by atoms with Crippen molar-refractivity contribution in [1.82, 2.24) is 5.43 Å². The lowest BCUT2D eigenvalue weighted by atomic mass is 10.1. The topological polar surface area (TPSA) is 50.7 Å². The molecule has 0 aromatic heterocycles. The fourth-order valence-corrected chi connectivity index (χ4v) is 1.85. The summed E-state index contributed by atoms with van der Waals surface area (Å²) in [6, 6.07) is 2.52. The SMILES string of the molecule is CCOC(=O)N/N=C(/C)c1c(Cl)ccc(F)c1Cl. The van der Waals surface area contributed by atoms with E-state index in [2.05, 4.69) is 15.3 Å². The van der Waals surface area contributed by atoms with Crippen LogP contribution in [0.15, 0.2) is 17.2 Å². The number of halogens is 3. The van der Waals surface area contributed by atoms with Gasteiger partial charge in [-0.15, -0.1) is 0 Å². The number of nitrogens with zero attached hydrogens (tertiary/aromatic N) is 1. The summed E-state index contributed by atoms with van der Waals surface area (Å²) in [6.07, 6.45) is -0.708. The van der Waals surface area contributed by atoms with Crippen LogP contribution in [0, 0.1) is 5.82 Å². The van der Waals surface area contributed by atoms with Gasteiger partial charge in [-0.05, 0) is 26.0 Å². The minimum Gasteiger partial charge on any atom is -0.449 e. The molecule has 98 valence electrons. The third-order valence-corrected chi connectivity index (χ3v) is 2.68. The third kappa shape index (κ3) is 3.58. The number of hydrogen-bond donors (Lipinski definition) is 1. The van der Waals surface area contributed by atoms with E-state index in [-0.39, 0.29) is 27.9 Å². The number of carbonyl (C=O) groups excluding carboxylic acids is 1. The number of amides is 1. The smallest absolute Gasteiger partial charge is 0.427 e. The highest BCUT2D eigenvalue weighted by molar-refractivity contribution is 6.40. The molecule has 0 fully saturated rings. The summed E-state index contributed by atoms with van der Waals surface area (Å²) in [5.41, 5.74) is 2.65. The van der Waals surface area contributed by atoms with E-state index in [0.29, 0.717) is 0 Å². The van der Waals surface area contributed by atoms with Gasteiger partial charge in [-0.3, -0.25) is 0 Å². The zero-order valence-corrected chi connectivity index (χ0v) is 11.3. The largest absolute Gasteiger partial charge is 0.449 e. The molecule has 0 unspecified atom stereocenters. The minimum atomic E-state index is -0.708. The standard InChI is InChI=1S/C11H11Cl2FN2O2/c1-3-18-11(17)16-15-6(2)9-7(12)4-5-8(14)10(9)13/h4-5H,3H2,1-2H3,(H,16,17)/b15-6-. The Balaban J connectivity index is 2.97. The first kappa shape index (κ1) is 14.7. The summed E-state index contributed by atoms with van der Waals surface area (Å²) >= 11 is 11.7. The Morgan fingerprint density at radius 2 is 2.17 bits per heavy atom. The number of hydrazone groups is 1. The average molecular weight is 293 g/mol. The van der Waals surface area contributed by atoms with Gasteiger partial charge in [0.05, 0.1) is 22.4 Å². The summed E-state index contributed by atoms with van der Waals surface area (Å²) in [7, 11) is 0. The van der Waals surface area contributed by atoms with Crippen molar-refractivity contribution in [3.05, 3.63) is 33.6 Å². The second-order valence-corrected chi connectivity index (χ2v) is 4.03. The van der Waals surface area contributed by atoms with Crippen molar-refractivity contribution in [3.63, 3.8) is 0 Å². The Hall–Kier alpha value is -1.33. The van der Waals surface area contributed by atoms with E-state index in [0.717, 1.165) is 6.07 Å². The molecule has 7 heteroatoms. The van der Waals surface area contributed by atoms with Gasteiger partial charge in [-0.1, -0.05) is 23.2 Å². The number of nitrogens with one attached hydrogen (secondary N) is 1. The van der Waals surface area contributed by atoms with Gasteiger partial charge in [0, 0.05) is 5.56 Å². The fraction of sp³-hybridized carbons (Fsp3) is 0.273. The van der Waals surface area contributed by atoms with Crippen molar-refractivity contribution >= 4 is 35.0 Å². The Morgan fingerprint density at radius 3 is 2.78 bits per heavy atom. The molecule has 1 N–H and O–H groups in total. The van der Waals surface area contributed by atoms with Gasteiger partial charge < -0.3 is 4.74 Å². The van der Waals surface area contributed by atoms with Gasteiger partial charge in [-0.25, -0.2) is 14.6 Å². The lowest BCUT2D eigenvalue weighted by Crippen LogP contribution is -2.20. The van der Waals surface area contributed by atoms with Crippen molar-refractivity contribution < 1.29 is 13.9 Å². The van der Waals surface area contributed by atoms with Crippen molar-refractivity contribution in [1.29, 1.82) is 0 Å². The first-order chi connectivity index (χ1) is 8.47. The van der Waals surface area contributed by atoms with Crippen LogP contribution in [0.5, 0.6) is 0 Å².